The third-order valence-electron chi connectivity index (χ3n) is 2.54. The van der Waals surface area contributed by atoms with Crippen molar-refractivity contribution in [1.82, 2.24) is 5.32 Å². The molecule has 0 atom stereocenters. The third-order valence-corrected chi connectivity index (χ3v) is 2.54. The predicted molar refractivity (Wildman–Crippen MR) is 65.0 cm³/mol. The number of ether oxygens (including phenoxy) is 1. The van der Waals surface area contributed by atoms with Crippen LogP contribution in [0.3, 0.4) is 0 Å². The maximum atomic E-state index is 13.0. The van der Waals surface area contributed by atoms with Crippen LogP contribution < -0.4 is 5.32 Å². The first-order chi connectivity index (χ1) is 9.91. The van der Waals surface area contributed by atoms with E-state index in [-0.39, 0.29) is 5.56 Å². The van der Waals surface area contributed by atoms with Gasteiger partial charge in [-0.05, 0) is 26.0 Å². The van der Waals surface area contributed by atoms with Gasteiger partial charge in [0.25, 0.3) is 5.91 Å². The molecule has 0 bridgehead atoms. The number of hydrogen-bond donors (Lipinski definition) is 1. The predicted octanol–water partition coefficient (Wildman–Crippen LogP) is 3.66. The second kappa shape index (κ2) is 6.15. The van der Waals surface area contributed by atoms with Gasteiger partial charge in [0.1, 0.15) is 0 Å². The number of rotatable bonds is 4. The minimum atomic E-state index is -5.89. The first-order valence-corrected chi connectivity index (χ1v) is 6.09. The standard InChI is InChI=1S/C13H13F6NO2/c1-8(2)22-11(12(14,15)16,13(17,18)19)20-10(21)9-6-4-3-5-7-9/h3-8H,1-2H3,(H,20,21). The van der Waals surface area contributed by atoms with Crippen LogP contribution in [0.5, 0.6) is 0 Å². The van der Waals surface area contributed by atoms with Gasteiger partial charge in [-0.3, -0.25) is 4.79 Å². The van der Waals surface area contributed by atoms with E-state index in [1.54, 1.807) is 0 Å². The zero-order chi connectivity index (χ0) is 17.2. The summed E-state index contributed by atoms with van der Waals surface area (Å²) < 4.78 is 82.4. The molecule has 0 saturated carbocycles. The fraction of sp³-hybridized carbons (Fsp3) is 0.462. The second-order valence-electron chi connectivity index (χ2n) is 4.66. The van der Waals surface area contributed by atoms with Crippen LogP contribution in [-0.2, 0) is 4.74 Å². The Morgan fingerprint density at radius 1 is 1.00 bits per heavy atom. The highest BCUT2D eigenvalue weighted by molar-refractivity contribution is 5.94. The lowest BCUT2D eigenvalue weighted by Gasteiger charge is -2.38. The van der Waals surface area contributed by atoms with Crippen LogP contribution in [-0.4, -0.2) is 30.1 Å². The summed E-state index contributed by atoms with van der Waals surface area (Å²) in [6.45, 7) is 2.00. The van der Waals surface area contributed by atoms with Crippen molar-refractivity contribution in [1.29, 1.82) is 0 Å². The van der Waals surface area contributed by atoms with Gasteiger partial charge in [0.2, 0.25) is 0 Å². The molecule has 0 saturated heterocycles. The van der Waals surface area contributed by atoms with E-state index >= 15 is 0 Å². The molecule has 1 N–H and O–H groups in total. The van der Waals surface area contributed by atoms with Gasteiger partial charge in [0, 0.05) is 5.56 Å². The van der Waals surface area contributed by atoms with Crippen molar-refractivity contribution in [2.45, 2.75) is 38.0 Å². The molecule has 0 spiro atoms. The van der Waals surface area contributed by atoms with Crippen LogP contribution in [0.1, 0.15) is 24.2 Å². The lowest BCUT2D eigenvalue weighted by Crippen LogP contribution is -2.69. The molecule has 22 heavy (non-hydrogen) atoms. The van der Waals surface area contributed by atoms with E-state index in [4.69, 9.17) is 0 Å². The highest BCUT2D eigenvalue weighted by Crippen LogP contribution is 2.44. The van der Waals surface area contributed by atoms with Crippen molar-refractivity contribution in [3.8, 4) is 0 Å². The van der Waals surface area contributed by atoms with E-state index in [1.165, 1.54) is 18.2 Å². The van der Waals surface area contributed by atoms with Crippen LogP contribution >= 0.6 is 0 Å². The van der Waals surface area contributed by atoms with Gasteiger partial charge in [-0.15, -0.1) is 0 Å². The molecule has 1 rings (SSSR count). The highest BCUT2D eigenvalue weighted by Gasteiger charge is 2.74. The molecule has 0 aliphatic carbocycles. The summed E-state index contributed by atoms with van der Waals surface area (Å²) in [5.74, 6) is -1.55. The molecule has 0 aromatic heterocycles. The number of hydrogen-bond acceptors (Lipinski definition) is 2. The molecular formula is C13H13F6NO2. The molecule has 3 nitrogen and oxygen atoms in total. The molecule has 0 aliphatic heterocycles. The van der Waals surface area contributed by atoms with E-state index in [0.29, 0.717) is 0 Å². The Morgan fingerprint density at radius 3 is 1.82 bits per heavy atom. The number of nitrogens with one attached hydrogen (secondary N) is 1. The molecule has 0 unspecified atom stereocenters. The Labute approximate surface area is 122 Å². The van der Waals surface area contributed by atoms with Crippen LogP contribution in [0.25, 0.3) is 0 Å². The maximum Gasteiger partial charge on any atom is 0.446 e. The number of halogens is 6. The fourth-order valence-electron chi connectivity index (χ4n) is 1.64. The lowest BCUT2D eigenvalue weighted by molar-refractivity contribution is -0.395. The molecule has 0 aliphatic rings. The zero-order valence-electron chi connectivity index (χ0n) is 11.5. The zero-order valence-corrected chi connectivity index (χ0v) is 11.5. The van der Waals surface area contributed by atoms with Gasteiger partial charge in [-0.2, -0.15) is 26.3 Å². The number of carbonyl (C=O) groups is 1. The van der Waals surface area contributed by atoms with E-state index in [1.807, 2.05) is 0 Å². The van der Waals surface area contributed by atoms with Crippen molar-refractivity contribution in [3.05, 3.63) is 35.9 Å². The average molecular weight is 329 g/mol. The van der Waals surface area contributed by atoms with E-state index in [9.17, 15) is 31.1 Å². The molecule has 1 amide bonds. The van der Waals surface area contributed by atoms with E-state index in [0.717, 1.165) is 31.3 Å². The fourth-order valence-corrected chi connectivity index (χ4v) is 1.64. The van der Waals surface area contributed by atoms with E-state index < -0.39 is 30.1 Å². The normalized spacial score (nSPS) is 13.3. The number of amides is 1. The van der Waals surface area contributed by atoms with E-state index in [2.05, 4.69) is 4.74 Å². The smallest absolute Gasteiger partial charge is 0.338 e. The van der Waals surface area contributed by atoms with Crippen LogP contribution in [0.4, 0.5) is 26.3 Å². The molecule has 1 aromatic carbocycles. The SMILES string of the molecule is CC(C)OC(NC(=O)c1ccccc1)(C(F)(F)F)C(F)(F)F. The first-order valence-electron chi connectivity index (χ1n) is 6.09. The molecule has 0 fully saturated rings. The Morgan fingerprint density at radius 2 is 1.45 bits per heavy atom. The van der Waals surface area contributed by atoms with Crippen molar-refractivity contribution < 1.29 is 35.9 Å². The van der Waals surface area contributed by atoms with Crippen LogP contribution in [0, 0.1) is 0 Å². The monoisotopic (exact) mass is 329 g/mol. The summed E-state index contributed by atoms with van der Waals surface area (Å²) in [5.41, 5.74) is -5.13. The molecule has 124 valence electrons. The summed E-state index contributed by atoms with van der Waals surface area (Å²) in [4.78, 5) is 11.7. The molecule has 0 radical (unpaired) electrons. The topological polar surface area (TPSA) is 38.3 Å². The van der Waals surface area contributed by atoms with Gasteiger partial charge in [0.05, 0.1) is 6.10 Å². The van der Waals surface area contributed by atoms with Gasteiger partial charge in [-0.1, -0.05) is 18.2 Å². The lowest BCUT2D eigenvalue weighted by atomic mass is 10.1. The van der Waals surface area contributed by atoms with Gasteiger partial charge >= 0.3 is 18.1 Å². The summed E-state index contributed by atoms with van der Waals surface area (Å²) in [5, 5.41) is 0.947. The Balaban J connectivity index is 3.28. The van der Waals surface area contributed by atoms with Crippen molar-refractivity contribution >= 4 is 5.91 Å². The number of carbonyl (C=O) groups excluding carboxylic acids is 1. The van der Waals surface area contributed by atoms with Crippen molar-refractivity contribution in [2.24, 2.45) is 0 Å². The average Bonchev–Trinajstić information content (AvgIpc) is 2.35. The van der Waals surface area contributed by atoms with Gasteiger partial charge in [-0.25, -0.2) is 0 Å². The summed E-state index contributed by atoms with van der Waals surface area (Å²) in [6, 6.07) is 6.24. The largest absolute Gasteiger partial charge is 0.446 e. The Hall–Kier alpha value is -1.77. The van der Waals surface area contributed by atoms with Gasteiger partial charge < -0.3 is 10.1 Å². The number of benzene rings is 1. The van der Waals surface area contributed by atoms with Crippen molar-refractivity contribution in [2.75, 3.05) is 0 Å². The summed E-state index contributed by atoms with van der Waals surface area (Å²) >= 11 is 0. The second-order valence-corrected chi connectivity index (χ2v) is 4.66. The van der Waals surface area contributed by atoms with Crippen LogP contribution in [0.15, 0.2) is 30.3 Å². The van der Waals surface area contributed by atoms with Gasteiger partial charge in [0.15, 0.2) is 0 Å². The quantitative estimate of drug-likeness (QED) is 0.676. The minimum Gasteiger partial charge on any atom is -0.338 e. The third kappa shape index (κ3) is 3.70. The van der Waals surface area contributed by atoms with Crippen molar-refractivity contribution in [3.63, 3.8) is 0 Å². The molecule has 1 aromatic rings. The van der Waals surface area contributed by atoms with Crippen LogP contribution in [0.2, 0.25) is 0 Å². The summed E-state index contributed by atoms with van der Waals surface area (Å²) in [6.07, 6.45) is -13.2. The molecular weight excluding hydrogens is 316 g/mol. The Bertz CT molecular complexity index is 496. The minimum absolute atomic E-state index is 0.354. The molecule has 9 heteroatoms. The first kappa shape index (κ1) is 18.3. The summed E-state index contributed by atoms with van der Waals surface area (Å²) in [7, 11) is 0. The Kier molecular flexibility index (Phi) is 5.11. The maximum absolute atomic E-state index is 13.0. The molecule has 0 heterocycles. The highest BCUT2D eigenvalue weighted by atomic mass is 19.4. The number of alkyl halides is 6.